The largest absolute Gasteiger partial charge is 0.379 e. The molecule has 6 heteroatoms. The maximum absolute atomic E-state index is 13.6. The van der Waals surface area contributed by atoms with Gasteiger partial charge >= 0.3 is 0 Å². The second-order valence-corrected chi connectivity index (χ2v) is 8.69. The number of ether oxygens (including phenoxy) is 1. The summed E-state index contributed by atoms with van der Waals surface area (Å²) in [6.45, 7) is 5.09. The Kier molecular flexibility index (Phi) is 9.99. The van der Waals surface area contributed by atoms with Crippen molar-refractivity contribution in [1.29, 1.82) is 0 Å². The van der Waals surface area contributed by atoms with Gasteiger partial charge in [0.25, 0.3) is 0 Å². The molecular weight excluding hydrogens is 443 g/mol. The summed E-state index contributed by atoms with van der Waals surface area (Å²) >= 11 is 0. The van der Waals surface area contributed by atoms with Crippen molar-refractivity contribution < 1.29 is 18.7 Å². The van der Waals surface area contributed by atoms with Crippen molar-refractivity contribution in [1.82, 2.24) is 10.2 Å². The fraction of sp³-hybridized carbons (Fsp3) is 0.310. The summed E-state index contributed by atoms with van der Waals surface area (Å²) < 4.78 is 19.1. The number of nitrogens with zero attached hydrogens (tertiary/aromatic N) is 1. The van der Waals surface area contributed by atoms with Crippen LogP contribution in [0, 0.1) is 5.82 Å². The third-order valence-electron chi connectivity index (χ3n) is 5.53. The Labute approximate surface area is 206 Å². The molecule has 0 aliphatic heterocycles. The molecule has 0 radical (unpaired) electrons. The summed E-state index contributed by atoms with van der Waals surface area (Å²) in [5.74, 6) is -0.797. The van der Waals surface area contributed by atoms with Crippen molar-refractivity contribution in [2.45, 2.75) is 45.4 Å². The van der Waals surface area contributed by atoms with Gasteiger partial charge in [0.15, 0.2) is 0 Å². The molecule has 0 saturated heterocycles. The number of nitrogens with one attached hydrogen (secondary N) is 1. The summed E-state index contributed by atoms with van der Waals surface area (Å²) in [5, 5.41) is 2.98. The van der Waals surface area contributed by atoms with Gasteiger partial charge in [0, 0.05) is 19.7 Å². The number of benzene rings is 3. The van der Waals surface area contributed by atoms with Crippen LogP contribution in [0.15, 0.2) is 84.9 Å². The Balaban J connectivity index is 1.87. The Morgan fingerprint density at radius 2 is 1.51 bits per heavy atom. The third kappa shape index (κ3) is 8.34. The Morgan fingerprint density at radius 1 is 0.886 bits per heavy atom. The first kappa shape index (κ1) is 26.1. The van der Waals surface area contributed by atoms with E-state index in [-0.39, 0.29) is 36.7 Å². The average molecular weight is 477 g/mol. The van der Waals surface area contributed by atoms with Gasteiger partial charge in [0.2, 0.25) is 11.8 Å². The van der Waals surface area contributed by atoms with Crippen molar-refractivity contribution in [2.75, 3.05) is 13.2 Å². The molecular formula is C29H33FN2O3. The van der Waals surface area contributed by atoms with E-state index in [9.17, 15) is 14.0 Å². The van der Waals surface area contributed by atoms with Crippen LogP contribution in [0.5, 0.6) is 0 Å². The van der Waals surface area contributed by atoms with Gasteiger partial charge in [0.05, 0.1) is 12.5 Å². The van der Waals surface area contributed by atoms with Crippen LogP contribution in [0.25, 0.3) is 0 Å². The molecule has 0 spiro atoms. The van der Waals surface area contributed by atoms with E-state index in [4.69, 9.17) is 4.74 Å². The van der Waals surface area contributed by atoms with Gasteiger partial charge in [0.1, 0.15) is 11.9 Å². The van der Waals surface area contributed by atoms with E-state index in [1.54, 1.807) is 17.0 Å². The Hall–Kier alpha value is -3.51. The van der Waals surface area contributed by atoms with E-state index >= 15 is 0 Å². The number of halogens is 1. The fourth-order valence-electron chi connectivity index (χ4n) is 3.79. The minimum Gasteiger partial charge on any atom is -0.379 e. The lowest BCUT2D eigenvalue weighted by molar-refractivity contribution is -0.141. The van der Waals surface area contributed by atoms with Crippen molar-refractivity contribution >= 4 is 11.8 Å². The van der Waals surface area contributed by atoms with Crippen LogP contribution in [0.3, 0.4) is 0 Å². The lowest BCUT2D eigenvalue weighted by Crippen LogP contribution is -2.44. The van der Waals surface area contributed by atoms with Crippen molar-refractivity contribution in [3.63, 3.8) is 0 Å². The van der Waals surface area contributed by atoms with Crippen LogP contribution in [0.4, 0.5) is 4.39 Å². The third-order valence-corrected chi connectivity index (χ3v) is 5.53. The van der Waals surface area contributed by atoms with Gasteiger partial charge in [-0.3, -0.25) is 9.59 Å². The van der Waals surface area contributed by atoms with Crippen LogP contribution in [-0.4, -0.2) is 36.0 Å². The van der Waals surface area contributed by atoms with E-state index in [0.29, 0.717) is 25.1 Å². The van der Waals surface area contributed by atoms with Crippen LogP contribution in [-0.2, 0) is 27.3 Å². The Morgan fingerprint density at radius 3 is 2.14 bits per heavy atom. The zero-order valence-electron chi connectivity index (χ0n) is 20.3. The second-order valence-electron chi connectivity index (χ2n) is 8.69. The molecule has 3 aromatic rings. The molecule has 0 bridgehead atoms. The first-order valence-corrected chi connectivity index (χ1v) is 12.0. The molecule has 3 aromatic carbocycles. The molecule has 5 nitrogen and oxygen atoms in total. The highest BCUT2D eigenvalue weighted by Crippen LogP contribution is 2.25. The van der Waals surface area contributed by atoms with Gasteiger partial charge in [-0.25, -0.2) is 4.39 Å². The first-order chi connectivity index (χ1) is 16.9. The van der Waals surface area contributed by atoms with E-state index in [2.05, 4.69) is 5.32 Å². The van der Waals surface area contributed by atoms with Crippen LogP contribution in [0.2, 0.25) is 0 Å². The monoisotopic (exact) mass is 476 g/mol. The molecule has 0 aliphatic carbocycles. The minimum absolute atomic E-state index is 0.129. The van der Waals surface area contributed by atoms with Crippen LogP contribution < -0.4 is 5.32 Å². The van der Waals surface area contributed by atoms with Crippen molar-refractivity contribution in [3.05, 3.63) is 107 Å². The maximum Gasteiger partial charge on any atom is 0.247 e. The van der Waals surface area contributed by atoms with E-state index in [1.807, 2.05) is 74.5 Å². The normalized spacial score (nSPS) is 11.8. The van der Waals surface area contributed by atoms with Crippen molar-refractivity contribution in [3.8, 4) is 0 Å². The van der Waals surface area contributed by atoms with E-state index < -0.39 is 6.04 Å². The molecule has 0 aromatic heterocycles. The SMILES string of the molecule is CC(C)OCCCNC(=O)[C@H](c1ccccc1)N(Cc1ccc(F)cc1)C(=O)Cc1ccccc1. The maximum atomic E-state index is 13.6. The molecule has 0 unspecified atom stereocenters. The average Bonchev–Trinajstić information content (AvgIpc) is 2.85. The van der Waals surface area contributed by atoms with Gasteiger partial charge in [-0.15, -0.1) is 0 Å². The number of hydrogen-bond acceptors (Lipinski definition) is 3. The van der Waals surface area contributed by atoms with E-state index in [0.717, 1.165) is 11.1 Å². The predicted molar refractivity (Wildman–Crippen MR) is 135 cm³/mol. The molecule has 0 fully saturated rings. The van der Waals surface area contributed by atoms with Crippen LogP contribution in [0.1, 0.15) is 43.0 Å². The topological polar surface area (TPSA) is 58.6 Å². The molecule has 0 heterocycles. The summed E-state index contributed by atoms with van der Waals surface area (Å²) in [4.78, 5) is 28.7. The summed E-state index contributed by atoms with van der Waals surface area (Å²) in [5.41, 5.74) is 2.32. The van der Waals surface area contributed by atoms with Gasteiger partial charge in [-0.1, -0.05) is 72.8 Å². The highest BCUT2D eigenvalue weighted by Gasteiger charge is 2.31. The molecule has 1 atom stereocenters. The zero-order valence-corrected chi connectivity index (χ0v) is 20.3. The standard InChI is InChI=1S/C29H33FN2O3/c1-22(2)35-19-9-18-31-29(34)28(25-12-7-4-8-13-25)32(21-24-14-16-26(30)17-15-24)27(33)20-23-10-5-3-6-11-23/h3-8,10-17,22,28H,9,18-21H2,1-2H3,(H,31,34)/t28-/m0/s1. The Bertz CT molecular complexity index is 1060. The van der Waals surface area contributed by atoms with Gasteiger partial charge in [-0.05, 0) is 49.1 Å². The molecule has 3 rings (SSSR count). The number of hydrogen-bond donors (Lipinski definition) is 1. The zero-order chi connectivity index (χ0) is 25.0. The number of carbonyl (C=O) groups is 2. The minimum atomic E-state index is -0.830. The number of amides is 2. The number of carbonyl (C=O) groups excluding carboxylic acids is 2. The lowest BCUT2D eigenvalue weighted by atomic mass is 10.0. The molecule has 0 saturated carbocycles. The molecule has 35 heavy (non-hydrogen) atoms. The van der Waals surface area contributed by atoms with Gasteiger partial charge in [-0.2, -0.15) is 0 Å². The molecule has 0 aliphatic rings. The fourth-order valence-corrected chi connectivity index (χ4v) is 3.79. The second kappa shape index (κ2) is 13.4. The molecule has 2 amide bonds. The first-order valence-electron chi connectivity index (χ1n) is 12.0. The molecule has 184 valence electrons. The highest BCUT2D eigenvalue weighted by molar-refractivity contribution is 5.89. The quantitative estimate of drug-likeness (QED) is 0.371. The smallest absolute Gasteiger partial charge is 0.247 e. The van der Waals surface area contributed by atoms with Crippen molar-refractivity contribution in [2.24, 2.45) is 0 Å². The molecule has 1 N–H and O–H groups in total. The number of rotatable bonds is 12. The predicted octanol–water partition coefficient (Wildman–Crippen LogP) is 5.07. The van der Waals surface area contributed by atoms with E-state index in [1.165, 1.54) is 12.1 Å². The summed E-state index contributed by atoms with van der Waals surface area (Å²) in [6.07, 6.45) is 0.951. The lowest BCUT2D eigenvalue weighted by Gasteiger charge is -2.32. The van der Waals surface area contributed by atoms with Gasteiger partial charge < -0.3 is 15.0 Å². The summed E-state index contributed by atoms with van der Waals surface area (Å²) in [6, 6.07) is 23.9. The highest BCUT2D eigenvalue weighted by atomic mass is 19.1. The summed E-state index contributed by atoms with van der Waals surface area (Å²) in [7, 11) is 0. The van der Waals surface area contributed by atoms with Crippen LogP contribution >= 0.6 is 0 Å².